The largest absolute Gasteiger partial charge is 0.338 e. The van der Waals surface area contributed by atoms with E-state index in [1.807, 2.05) is 0 Å². The van der Waals surface area contributed by atoms with E-state index < -0.39 is 10.0 Å². The molecule has 2 heterocycles. The highest BCUT2D eigenvalue weighted by Crippen LogP contribution is 2.29. The lowest BCUT2D eigenvalue weighted by Gasteiger charge is -2.01. The second kappa shape index (κ2) is 4.19. The van der Waals surface area contributed by atoms with Crippen LogP contribution in [0.2, 0.25) is 0 Å². The molecule has 16 heavy (non-hydrogen) atoms. The highest BCUT2D eigenvalue weighted by atomic mass is 79.9. The van der Waals surface area contributed by atoms with Gasteiger partial charge in [0.2, 0.25) is 5.88 Å². The molecule has 0 saturated heterocycles. The first-order chi connectivity index (χ1) is 7.49. The van der Waals surface area contributed by atoms with Gasteiger partial charge in [-0.15, -0.1) is 11.3 Å². The van der Waals surface area contributed by atoms with Crippen molar-refractivity contribution in [1.82, 2.24) is 5.16 Å². The summed E-state index contributed by atoms with van der Waals surface area (Å²) in [5.74, 6) is 0.109. The Bertz CT molecular complexity index is 602. The summed E-state index contributed by atoms with van der Waals surface area (Å²) in [6.07, 6.45) is 0. The van der Waals surface area contributed by atoms with Crippen LogP contribution in [0.15, 0.2) is 30.7 Å². The number of nitrogens with zero attached hydrogens (tertiary/aromatic N) is 1. The molecule has 2 aromatic heterocycles. The Kier molecular flexibility index (Phi) is 3.04. The van der Waals surface area contributed by atoms with Crippen LogP contribution in [-0.2, 0) is 10.0 Å². The molecule has 5 nitrogen and oxygen atoms in total. The fraction of sp³-hybridized carbons (Fsp3) is 0.125. The van der Waals surface area contributed by atoms with Crippen molar-refractivity contribution in [2.24, 2.45) is 0 Å². The maximum Gasteiger partial charge on any atom is 0.274 e. The summed E-state index contributed by atoms with van der Waals surface area (Å²) < 4.78 is 31.6. The minimum absolute atomic E-state index is 0.109. The summed E-state index contributed by atoms with van der Waals surface area (Å²) >= 11 is 4.29. The van der Waals surface area contributed by atoms with Gasteiger partial charge in [0.1, 0.15) is 0 Å². The van der Waals surface area contributed by atoms with Gasteiger partial charge in [-0.3, -0.25) is 0 Å². The predicted octanol–water partition coefficient (Wildman–Crippen LogP) is 2.61. The second-order valence-corrected chi connectivity index (χ2v) is 6.64. The molecule has 0 aliphatic rings. The summed E-state index contributed by atoms with van der Waals surface area (Å²) in [6, 6.07) is 3.18. The number of sulfonamides is 1. The van der Waals surface area contributed by atoms with Crippen LogP contribution in [0.5, 0.6) is 0 Å². The molecule has 0 aromatic carbocycles. The van der Waals surface area contributed by atoms with Crippen LogP contribution in [-0.4, -0.2) is 13.6 Å². The van der Waals surface area contributed by atoms with E-state index in [9.17, 15) is 8.42 Å². The second-order valence-electron chi connectivity index (χ2n) is 2.99. The molecule has 0 unspecified atom stereocenters. The lowest BCUT2D eigenvalue weighted by molar-refractivity contribution is 0.430. The molecule has 2 aromatic rings. The van der Waals surface area contributed by atoms with E-state index in [-0.39, 0.29) is 10.1 Å². The molecule has 8 heteroatoms. The topological polar surface area (TPSA) is 72.2 Å². The summed E-state index contributed by atoms with van der Waals surface area (Å²) in [5, 5.41) is 5.28. The van der Waals surface area contributed by atoms with Gasteiger partial charge in [0.05, 0.1) is 5.69 Å². The molecular weight excluding hydrogens is 316 g/mol. The highest BCUT2D eigenvalue weighted by molar-refractivity contribution is 9.10. The van der Waals surface area contributed by atoms with E-state index in [4.69, 9.17) is 4.52 Å². The third-order valence-electron chi connectivity index (χ3n) is 1.69. The Hall–Kier alpha value is -0.860. The number of thiophene rings is 1. The molecule has 0 fully saturated rings. The van der Waals surface area contributed by atoms with Crippen molar-refractivity contribution in [2.75, 3.05) is 4.72 Å². The Morgan fingerprint density at radius 1 is 1.56 bits per heavy atom. The van der Waals surface area contributed by atoms with E-state index in [1.54, 1.807) is 18.4 Å². The van der Waals surface area contributed by atoms with Crippen LogP contribution in [0.3, 0.4) is 0 Å². The molecule has 0 aliphatic heterocycles. The van der Waals surface area contributed by atoms with Crippen LogP contribution < -0.4 is 4.72 Å². The summed E-state index contributed by atoms with van der Waals surface area (Å²) in [5.41, 5.74) is 0.614. The standard InChI is InChI=1S/C8H7BrN2O3S2/c1-5-4-7(14-10-5)11-16(12,13)8-6(9)2-3-15-8/h2-4,11H,1H3. The van der Waals surface area contributed by atoms with Crippen molar-refractivity contribution < 1.29 is 12.9 Å². The first-order valence-corrected chi connectivity index (χ1v) is 7.34. The van der Waals surface area contributed by atoms with Gasteiger partial charge in [0, 0.05) is 10.5 Å². The molecule has 0 atom stereocenters. The fourth-order valence-corrected chi connectivity index (χ4v) is 4.37. The highest BCUT2D eigenvalue weighted by Gasteiger charge is 2.20. The number of aryl methyl sites for hydroxylation is 1. The fourth-order valence-electron chi connectivity index (χ4n) is 1.06. The zero-order valence-corrected chi connectivity index (χ0v) is 11.3. The zero-order chi connectivity index (χ0) is 11.8. The van der Waals surface area contributed by atoms with Gasteiger partial charge < -0.3 is 4.52 Å². The van der Waals surface area contributed by atoms with Crippen molar-refractivity contribution in [3.05, 3.63) is 27.7 Å². The van der Waals surface area contributed by atoms with Gasteiger partial charge in [-0.1, -0.05) is 5.16 Å². The first kappa shape index (κ1) is 11.6. The quantitative estimate of drug-likeness (QED) is 0.942. The number of hydrogen-bond donors (Lipinski definition) is 1. The summed E-state index contributed by atoms with van der Waals surface area (Å²) in [4.78, 5) is 0. The number of anilines is 1. The van der Waals surface area contributed by atoms with Gasteiger partial charge in [-0.25, -0.2) is 13.1 Å². The van der Waals surface area contributed by atoms with Crippen molar-refractivity contribution >= 4 is 43.2 Å². The van der Waals surface area contributed by atoms with Crippen molar-refractivity contribution in [1.29, 1.82) is 0 Å². The van der Waals surface area contributed by atoms with Crippen LogP contribution >= 0.6 is 27.3 Å². The zero-order valence-electron chi connectivity index (χ0n) is 8.10. The molecule has 1 N–H and O–H groups in total. The molecule has 0 amide bonds. The van der Waals surface area contributed by atoms with Crippen LogP contribution in [0.25, 0.3) is 0 Å². The van der Waals surface area contributed by atoms with Gasteiger partial charge in [-0.05, 0) is 34.3 Å². The number of hydrogen-bond acceptors (Lipinski definition) is 5. The van der Waals surface area contributed by atoms with E-state index >= 15 is 0 Å². The Morgan fingerprint density at radius 2 is 2.31 bits per heavy atom. The van der Waals surface area contributed by atoms with E-state index in [2.05, 4.69) is 25.8 Å². The SMILES string of the molecule is Cc1cc(NS(=O)(=O)c2sccc2Br)on1. The number of halogens is 1. The maximum atomic E-state index is 11.9. The van der Waals surface area contributed by atoms with Crippen LogP contribution in [0.1, 0.15) is 5.69 Å². The molecule has 0 saturated carbocycles. The van der Waals surface area contributed by atoms with E-state index in [0.29, 0.717) is 10.2 Å². The molecule has 0 radical (unpaired) electrons. The smallest absolute Gasteiger partial charge is 0.274 e. The van der Waals surface area contributed by atoms with Gasteiger partial charge in [-0.2, -0.15) is 0 Å². The van der Waals surface area contributed by atoms with Gasteiger partial charge in [0.15, 0.2) is 4.21 Å². The molecule has 2 rings (SSSR count). The van der Waals surface area contributed by atoms with Crippen molar-refractivity contribution in [3.8, 4) is 0 Å². The number of nitrogens with one attached hydrogen (secondary N) is 1. The lowest BCUT2D eigenvalue weighted by Crippen LogP contribution is -2.11. The molecule has 0 aliphatic carbocycles. The average Bonchev–Trinajstić information content (AvgIpc) is 2.74. The normalized spacial score (nSPS) is 11.6. The van der Waals surface area contributed by atoms with Crippen LogP contribution in [0, 0.1) is 6.92 Å². The third kappa shape index (κ3) is 2.28. The van der Waals surface area contributed by atoms with E-state index in [0.717, 1.165) is 11.3 Å². The molecule has 86 valence electrons. The lowest BCUT2D eigenvalue weighted by atomic mass is 10.5. The van der Waals surface area contributed by atoms with Crippen molar-refractivity contribution in [3.63, 3.8) is 0 Å². The number of aromatic nitrogens is 1. The molecule has 0 bridgehead atoms. The first-order valence-electron chi connectivity index (χ1n) is 4.18. The van der Waals surface area contributed by atoms with E-state index in [1.165, 1.54) is 6.07 Å². The predicted molar refractivity (Wildman–Crippen MR) is 64.1 cm³/mol. The van der Waals surface area contributed by atoms with Gasteiger partial charge >= 0.3 is 0 Å². The maximum absolute atomic E-state index is 11.9. The molecule has 0 spiro atoms. The average molecular weight is 323 g/mol. The minimum Gasteiger partial charge on any atom is -0.338 e. The van der Waals surface area contributed by atoms with Crippen LogP contribution in [0.4, 0.5) is 5.88 Å². The Balaban J connectivity index is 2.31. The van der Waals surface area contributed by atoms with Crippen molar-refractivity contribution in [2.45, 2.75) is 11.1 Å². The monoisotopic (exact) mass is 322 g/mol. The Labute approximate surface area is 105 Å². The minimum atomic E-state index is -3.60. The molecular formula is C8H7BrN2O3S2. The Morgan fingerprint density at radius 3 is 2.81 bits per heavy atom. The third-order valence-corrected chi connectivity index (χ3v) is 5.71. The summed E-state index contributed by atoms with van der Waals surface area (Å²) in [6.45, 7) is 1.71. The number of rotatable bonds is 3. The summed E-state index contributed by atoms with van der Waals surface area (Å²) in [7, 11) is -3.60. The van der Waals surface area contributed by atoms with Gasteiger partial charge in [0.25, 0.3) is 10.0 Å².